The van der Waals surface area contributed by atoms with Gasteiger partial charge in [-0.1, -0.05) is 19.9 Å². The summed E-state index contributed by atoms with van der Waals surface area (Å²) in [6.45, 7) is 6.79. The second-order valence-corrected chi connectivity index (χ2v) is 4.30. The molecular formula is C13H19FO. The van der Waals surface area contributed by atoms with Crippen LogP contribution in [0.2, 0.25) is 0 Å². The Morgan fingerprint density at radius 1 is 1.33 bits per heavy atom. The van der Waals surface area contributed by atoms with E-state index in [9.17, 15) is 4.39 Å². The van der Waals surface area contributed by atoms with Gasteiger partial charge >= 0.3 is 0 Å². The molecule has 15 heavy (non-hydrogen) atoms. The highest BCUT2D eigenvalue weighted by molar-refractivity contribution is 5.27. The first-order chi connectivity index (χ1) is 7.09. The molecule has 1 rings (SSSR count). The van der Waals surface area contributed by atoms with Crippen molar-refractivity contribution in [2.24, 2.45) is 5.92 Å². The van der Waals surface area contributed by atoms with E-state index < -0.39 is 0 Å². The van der Waals surface area contributed by atoms with Gasteiger partial charge < -0.3 is 4.74 Å². The Balaban J connectivity index is 2.35. The van der Waals surface area contributed by atoms with Gasteiger partial charge in [0.25, 0.3) is 0 Å². The van der Waals surface area contributed by atoms with Gasteiger partial charge in [-0.25, -0.2) is 4.39 Å². The van der Waals surface area contributed by atoms with E-state index in [0.717, 1.165) is 12.8 Å². The predicted octanol–water partition coefficient (Wildman–Crippen LogP) is 3.95. The molecule has 0 saturated carbocycles. The molecule has 0 aliphatic heterocycles. The molecule has 0 fully saturated rings. The van der Waals surface area contributed by atoms with Crippen LogP contribution in [-0.2, 0) is 0 Å². The molecule has 0 N–H and O–H groups in total. The summed E-state index contributed by atoms with van der Waals surface area (Å²) in [6, 6.07) is 5.01. The molecule has 2 heteroatoms. The van der Waals surface area contributed by atoms with Crippen molar-refractivity contribution in [3.63, 3.8) is 0 Å². The summed E-state index contributed by atoms with van der Waals surface area (Å²) in [5, 5.41) is 0. The van der Waals surface area contributed by atoms with Crippen LogP contribution in [0, 0.1) is 18.7 Å². The molecule has 0 aromatic heterocycles. The van der Waals surface area contributed by atoms with Gasteiger partial charge in [-0.2, -0.15) is 0 Å². The van der Waals surface area contributed by atoms with E-state index in [2.05, 4.69) is 13.8 Å². The van der Waals surface area contributed by atoms with Crippen molar-refractivity contribution >= 4 is 0 Å². The summed E-state index contributed by atoms with van der Waals surface area (Å²) in [7, 11) is 0. The fourth-order valence-corrected chi connectivity index (χ4v) is 1.34. The minimum atomic E-state index is -0.198. The van der Waals surface area contributed by atoms with E-state index in [0.29, 0.717) is 23.8 Å². The molecule has 0 spiro atoms. The van der Waals surface area contributed by atoms with Crippen molar-refractivity contribution in [2.45, 2.75) is 33.6 Å². The molecule has 0 aliphatic carbocycles. The summed E-state index contributed by atoms with van der Waals surface area (Å²) in [4.78, 5) is 0. The summed E-state index contributed by atoms with van der Waals surface area (Å²) in [5.41, 5.74) is 0.657. The summed E-state index contributed by atoms with van der Waals surface area (Å²) < 4.78 is 18.6. The average Bonchev–Trinajstić information content (AvgIpc) is 2.18. The van der Waals surface area contributed by atoms with E-state index >= 15 is 0 Å². The van der Waals surface area contributed by atoms with Gasteiger partial charge in [0.05, 0.1) is 6.61 Å². The Morgan fingerprint density at radius 3 is 2.67 bits per heavy atom. The van der Waals surface area contributed by atoms with Crippen LogP contribution in [0.3, 0.4) is 0 Å². The lowest BCUT2D eigenvalue weighted by Gasteiger charge is -2.08. The highest BCUT2D eigenvalue weighted by Gasteiger charge is 2.00. The summed E-state index contributed by atoms with van der Waals surface area (Å²) >= 11 is 0. The predicted molar refractivity (Wildman–Crippen MR) is 60.7 cm³/mol. The van der Waals surface area contributed by atoms with Crippen LogP contribution < -0.4 is 4.74 Å². The maximum atomic E-state index is 13.1. The zero-order chi connectivity index (χ0) is 11.3. The van der Waals surface area contributed by atoms with E-state index in [1.807, 2.05) is 6.07 Å². The van der Waals surface area contributed by atoms with Crippen molar-refractivity contribution in [3.8, 4) is 5.75 Å². The fraction of sp³-hybridized carbons (Fsp3) is 0.538. The molecule has 0 aliphatic rings. The van der Waals surface area contributed by atoms with Crippen molar-refractivity contribution < 1.29 is 9.13 Å². The molecule has 0 bridgehead atoms. The van der Waals surface area contributed by atoms with Crippen molar-refractivity contribution in [3.05, 3.63) is 29.6 Å². The lowest BCUT2D eigenvalue weighted by molar-refractivity contribution is 0.296. The average molecular weight is 210 g/mol. The SMILES string of the molecule is Cc1ccc(OCCCC(C)C)cc1F. The van der Waals surface area contributed by atoms with Gasteiger partial charge in [0.1, 0.15) is 11.6 Å². The van der Waals surface area contributed by atoms with E-state index in [-0.39, 0.29) is 5.82 Å². The molecule has 0 unspecified atom stereocenters. The molecule has 0 saturated heterocycles. The van der Waals surface area contributed by atoms with Crippen molar-refractivity contribution in [2.75, 3.05) is 6.61 Å². The van der Waals surface area contributed by atoms with Crippen LogP contribution in [0.25, 0.3) is 0 Å². The number of benzene rings is 1. The van der Waals surface area contributed by atoms with Crippen LogP contribution >= 0.6 is 0 Å². The first kappa shape index (κ1) is 12.0. The number of ether oxygens (including phenoxy) is 1. The zero-order valence-electron chi connectivity index (χ0n) is 9.72. The number of rotatable bonds is 5. The highest BCUT2D eigenvalue weighted by atomic mass is 19.1. The Labute approximate surface area is 91.3 Å². The molecule has 0 heterocycles. The third kappa shape index (κ3) is 4.32. The lowest BCUT2D eigenvalue weighted by Crippen LogP contribution is -2.00. The van der Waals surface area contributed by atoms with Gasteiger partial charge in [-0.15, -0.1) is 0 Å². The van der Waals surface area contributed by atoms with Crippen LogP contribution in [0.4, 0.5) is 4.39 Å². The first-order valence-electron chi connectivity index (χ1n) is 5.48. The number of aryl methyl sites for hydroxylation is 1. The Bertz CT molecular complexity index is 307. The molecule has 1 nitrogen and oxygen atoms in total. The molecule has 0 radical (unpaired) electrons. The minimum Gasteiger partial charge on any atom is -0.493 e. The smallest absolute Gasteiger partial charge is 0.129 e. The second-order valence-electron chi connectivity index (χ2n) is 4.30. The largest absolute Gasteiger partial charge is 0.493 e. The topological polar surface area (TPSA) is 9.23 Å². The molecular weight excluding hydrogens is 191 g/mol. The second kappa shape index (κ2) is 5.74. The lowest BCUT2D eigenvalue weighted by atomic mass is 10.1. The van der Waals surface area contributed by atoms with E-state index in [4.69, 9.17) is 4.74 Å². The van der Waals surface area contributed by atoms with E-state index in [1.165, 1.54) is 6.07 Å². The maximum Gasteiger partial charge on any atom is 0.129 e. The molecule has 1 aromatic rings. The van der Waals surface area contributed by atoms with Gasteiger partial charge in [-0.3, -0.25) is 0 Å². The number of hydrogen-bond acceptors (Lipinski definition) is 1. The molecule has 0 amide bonds. The van der Waals surface area contributed by atoms with Crippen molar-refractivity contribution in [1.82, 2.24) is 0 Å². The van der Waals surface area contributed by atoms with Crippen molar-refractivity contribution in [1.29, 1.82) is 0 Å². The van der Waals surface area contributed by atoms with Gasteiger partial charge in [0, 0.05) is 6.07 Å². The number of halogens is 1. The fourth-order valence-electron chi connectivity index (χ4n) is 1.34. The van der Waals surface area contributed by atoms with Crippen LogP contribution in [0.5, 0.6) is 5.75 Å². The zero-order valence-corrected chi connectivity index (χ0v) is 9.72. The normalized spacial score (nSPS) is 10.7. The Hall–Kier alpha value is -1.05. The minimum absolute atomic E-state index is 0.198. The molecule has 0 atom stereocenters. The standard InChI is InChI=1S/C13H19FO/c1-10(2)5-4-8-15-12-7-6-11(3)13(14)9-12/h6-7,9-10H,4-5,8H2,1-3H3. The maximum absolute atomic E-state index is 13.1. The quantitative estimate of drug-likeness (QED) is 0.669. The third-order valence-electron chi connectivity index (χ3n) is 2.34. The van der Waals surface area contributed by atoms with Crippen LogP contribution in [0.15, 0.2) is 18.2 Å². The van der Waals surface area contributed by atoms with Gasteiger partial charge in [0.15, 0.2) is 0 Å². The van der Waals surface area contributed by atoms with Gasteiger partial charge in [-0.05, 0) is 37.3 Å². The third-order valence-corrected chi connectivity index (χ3v) is 2.34. The molecule has 1 aromatic carbocycles. The number of hydrogen-bond donors (Lipinski definition) is 0. The van der Waals surface area contributed by atoms with Crippen LogP contribution in [-0.4, -0.2) is 6.61 Å². The Kier molecular flexibility index (Phi) is 4.60. The van der Waals surface area contributed by atoms with Gasteiger partial charge in [0.2, 0.25) is 0 Å². The first-order valence-corrected chi connectivity index (χ1v) is 5.48. The highest BCUT2D eigenvalue weighted by Crippen LogP contribution is 2.16. The van der Waals surface area contributed by atoms with Crippen LogP contribution in [0.1, 0.15) is 32.3 Å². The monoisotopic (exact) mass is 210 g/mol. The molecule has 84 valence electrons. The summed E-state index contributed by atoms with van der Waals surface area (Å²) in [6.07, 6.45) is 2.17. The summed E-state index contributed by atoms with van der Waals surface area (Å²) in [5.74, 6) is 1.13. The van der Waals surface area contributed by atoms with E-state index in [1.54, 1.807) is 13.0 Å². The Morgan fingerprint density at radius 2 is 2.07 bits per heavy atom.